The zero-order valence-corrected chi connectivity index (χ0v) is 20.5. The summed E-state index contributed by atoms with van der Waals surface area (Å²) in [6.45, 7) is 1.62. The molecule has 3 atom stereocenters. The highest BCUT2D eigenvalue weighted by atomic mass is 32.2. The van der Waals surface area contributed by atoms with Crippen molar-refractivity contribution in [3.05, 3.63) is 71.8 Å². The normalized spacial score (nSPS) is 20.4. The van der Waals surface area contributed by atoms with E-state index < -0.39 is 31.4 Å². The van der Waals surface area contributed by atoms with Gasteiger partial charge in [0.25, 0.3) is 7.52 Å². The van der Waals surface area contributed by atoms with E-state index in [2.05, 4.69) is 17.2 Å². The van der Waals surface area contributed by atoms with Gasteiger partial charge in [-0.3, -0.25) is 14.2 Å². The lowest BCUT2D eigenvalue weighted by Crippen LogP contribution is -2.53. The summed E-state index contributed by atoms with van der Waals surface area (Å²) in [7, 11) is -3.26. The number of thioether (sulfide) groups is 1. The molecule has 2 unspecified atom stereocenters. The molecular formula is C24H31N2O5PS. The van der Waals surface area contributed by atoms with Crippen LogP contribution in [0.5, 0.6) is 0 Å². The second kappa shape index (κ2) is 12.4. The van der Waals surface area contributed by atoms with E-state index in [-0.39, 0.29) is 12.5 Å². The quantitative estimate of drug-likeness (QED) is 0.333. The van der Waals surface area contributed by atoms with E-state index in [0.717, 1.165) is 18.4 Å². The fourth-order valence-electron chi connectivity index (χ4n) is 3.86. The fourth-order valence-corrected chi connectivity index (χ4v) is 7.36. The standard InChI is InChI=1S/C24H31N2O5PS/c1-2-31-32(30,16-10-9-13-19-11-5-3-6-12-19)25-21-18-33-24(20-14-7-4-8-15-20)26(23(21)29)17-22(27)28/h3-8,11-12,14-15,21,24H,2,9-10,13,16-18H2,1H3,(H,25,30)(H,27,28)/t21?,24-,32?/m1/s1. The van der Waals surface area contributed by atoms with Crippen LogP contribution < -0.4 is 5.09 Å². The van der Waals surface area contributed by atoms with Crippen LogP contribution in [-0.2, 0) is 25.1 Å². The summed E-state index contributed by atoms with van der Waals surface area (Å²) in [6.07, 6.45) is 2.76. The van der Waals surface area contributed by atoms with Crippen LogP contribution in [0, 0.1) is 0 Å². The van der Waals surface area contributed by atoms with Crippen LogP contribution in [0.2, 0.25) is 0 Å². The second-order valence-corrected chi connectivity index (χ2v) is 11.3. The van der Waals surface area contributed by atoms with Gasteiger partial charge < -0.3 is 14.5 Å². The SMILES string of the molecule is CCOP(=O)(CCCCc1ccccc1)NC1CS[C@H](c2ccccc2)N(CC(=O)O)C1=O. The van der Waals surface area contributed by atoms with Gasteiger partial charge in [-0.2, -0.15) is 0 Å². The third-order valence-corrected chi connectivity index (χ3v) is 9.03. The van der Waals surface area contributed by atoms with E-state index in [1.54, 1.807) is 6.92 Å². The van der Waals surface area contributed by atoms with Crippen molar-refractivity contribution in [3.8, 4) is 0 Å². The Bertz CT molecular complexity index is 960. The minimum absolute atomic E-state index is 0.266. The summed E-state index contributed by atoms with van der Waals surface area (Å²) in [5, 5.41) is 12.0. The topological polar surface area (TPSA) is 95.9 Å². The summed E-state index contributed by atoms with van der Waals surface area (Å²) in [4.78, 5) is 26.1. The minimum Gasteiger partial charge on any atom is -0.480 e. The number of aliphatic carboxylic acids is 1. The fraction of sp³-hybridized carbons (Fsp3) is 0.417. The lowest BCUT2D eigenvalue weighted by atomic mass is 10.1. The Morgan fingerprint density at radius 3 is 2.45 bits per heavy atom. The summed E-state index contributed by atoms with van der Waals surface area (Å²) in [6, 6.07) is 18.7. The molecule has 3 rings (SSSR count). The number of nitrogens with one attached hydrogen (secondary N) is 1. The van der Waals surface area contributed by atoms with Gasteiger partial charge in [0.1, 0.15) is 18.0 Å². The predicted octanol–water partition coefficient (Wildman–Crippen LogP) is 4.56. The maximum absolute atomic E-state index is 13.5. The molecule has 0 saturated carbocycles. The molecule has 2 N–H and O–H groups in total. The van der Waals surface area contributed by atoms with Crippen LogP contribution >= 0.6 is 19.3 Å². The molecule has 0 aromatic heterocycles. The molecule has 2 aromatic rings. The van der Waals surface area contributed by atoms with Crippen molar-refractivity contribution < 1.29 is 23.8 Å². The van der Waals surface area contributed by atoms with Crippen LogP contribution in [0.4, 0.5) is 0 Å². The second-order valence-electron chi connectivity index (χ2n) is 7.90. The van der Waals surface area contributed by atoms with Gasteiger partial charge in [-0.25, -0.2) is 5.09 Å². The molecule has 1 aliphatic rings. The van der Waals surface area contributed by atoms with Crippen LogP contribution in [0.15, 0.2) is 60.7 Å². The van der Waals surface area contributed by atoms with Crippen molar-refractivity contribution in [2.24, 2.45) is 0 Å². The monoisotopic (exact) mass is 490 g/mol. The molecule has 1 aliphatic heterocycles. The number of carbonyl (C=O) groups is 2. The molecule has 7 nitrogen and oxygen atoms in total. The Labute approximate surface area is 199 Å². The van der Waals surface area contributed by atoms with E-state index in [4.69, 9.17) is 4.52 Å². The van der Waals surface area contributed by atoms with Crippen molar-refractivity contribution >= 4 is 31.2 Å². The highest BCUT2D eigenvalue weighted by molar-refractivity contribution is 7.99. The third kappa shape index (κ3) is 7.44. The molecule has 178 valence electrons. The van der Waals surface area contributed by atoms with Gasteiger partial charge in [0.2, 0.25) is 5.91 Å². The number of benzene rings is 2. The van der Waals surface area contributed by atoms with E-state index in [0.29, 0.717) is 18.3 Å². The molecule has 0 spiro atoms. The minimum atomic E-state index is -3.26. The number of hydrogen-bond acceptors (Lipinski definition) is 5. The number of nitrogens with zero attached hydrogens (tertiary/aromatic N) is 1. The first-order chi connectivity index (χ1) is 15.9. The van der Waals surface area contributed by atoms with Gasteiger partial charge in [-0.1, -0.05) is 60.7 Å². The van der Waals surface area contributed by atoms with Crippen molar-refractivity contribution in [3.63, 3.8) is 0 Å². The molecule has 0 radical (unpaired) electrons. The molecule has 9 heteroatoms. The Hall–Kier alpha value is -2.12. The number of hydrogen-bond donors (Lipinski definition) is 2. The Morgan fingerprint density at radius 1 is 1.15 bits per heavy atom. The summed E-state index contributed by atoms with van der Waals surface area (Å²) in [5.74, 6) is -1.07. The smallest absolute Gasteiger partial charge is 0.323 e. The molecule has 0 aliphatic carbocycles. The first-order valence-corrected chi connectivity index (χ1v) is 14.0. The van der Waals surface area contributed by atoms with Crippen molar-refractivity contribution in [2.45, 2.75) is 37.6 Å². The average Bonchev–Trinajstić information content (AvgIpc) is 2.81. The Kier molecular flexibility index (Phi) is 9.56. The molecule has 1 saturated heterocycles. The van der Waals surface area contributed by atoms with Crippen LogP contribution in [-0.4, -0.2) is 53.0 Å². The molecule has 1 amide bonds. The highest BCUT2D eigenvalue weighted by Gasteiger charge is 2.40. The molecule has 1 heterocycles. The number of carboxylic acids is 1. The van der Waals surface area contributed by atoms with Crippen LogP contribution in [0.3, 0.4) is 0 Å². The number of amides is 1. The maximum atomic E-state index is 13.5. The highest BCUT2D eigenvalue weighted by Crippen LogP contribution is 2.46. The average molecular weight is 491 g/mol. The maximum Gasteiger partial charge on any atom is 0.323 e. The molecular weight excluding hydrogens is 459 g/mol. The zero-order chi connectivity index (χ0) is 23.7. The first-order valence-electron chi connectivity index (χ1n) is 11.2. The lowest BCUT2D eigenvalue weighted by Gasteiger charge is -2.39. The molecule has 2 aromatic carbocycles. The van der Waals surface area contributed by atoms with Gasteiger partial charge in [-0.05, 0) is 37.3 Å². The number of carboxylic acid groups (broad SMARTS) is 1. The Balaban J connectivity index is 1.65. The third-order valence-electron chi connectivity index (χ3n) is 5.38. The van der Waals surface area contributed by atoms with Gasteiger partial charge in [0, 0.05) is 11.9 Å². The van der Waals surface area contributed by atoms with E-state index in [1.165, 1.54) is 22.2 Å². The summed E-state index contributed by atoms with van der Waals surface area (Å²) in [5.41, 5.74) is 2.09. The number of carbonyl (C=O) groups excluding carboxylic acids is 1. The zero-order valence-electron chi connectivity index (χ0n) is 18.8. The van der Waals surface area contributed by atoms with Crippen LogP contribution in [0.1, 0.15) is 36.3 Å². The summed E-state index contributed by atoms with van der Waals surface area (Å²) < 4.78 is 19.1. The summed E-state index contributed by atoms with van der Waals surface area (Å²) >= 11 is 1.47. The van der Waals surface area contributed by atoms with Crippen molar-refractivity contribution in [1.82, 2.24) is 9.99 Å². The lowest BCUT2D eigenvalue weighted by molar-refractivity contribution is -0.145. The number of aryl methyl sites for hydroxylation is 1. The van der Waals surface area contributed by atoms with E-state index >= 15 is 0 Å². The van der Waals surface area contributed by atoms with E-state index in [1.807, 2.05) is 48.5 Å². The molecule has 0 bridgehead atoms. The first kappa shape index (κ1) is 25.5. The van der Waals surface area contributed by atoms with Gasteiger partial charge in [-0.15, -0.1) is 11.8 Å². The van der Waals surface area contributed by atoms with Gasteiger partial charge in [0.05, 0.1) is 6.61 Å². The van der Waals surface area contributed by atoms with E-state index in [9.17, 15) is 19.3 Å². The predicted molar refractivity (Wildman–Crippen MR) is 131 cm³/mol. The van der Waals surface area contributed by atoms with Crippen molar-refractivity contribution in [2.75, 3.05) is 25.1 Å². The Morgan fingerprint density at radius 2 is 1.82 bits per heavy atom. The molecule has 33 heavy (non-hydrogen) atoms. The van der Waals surface area contributed by atoms with Gasteiger partial charge in [0.15, 0.2) is 0 Å². The molecule has 1 fully saturated rings. The largest absolute Gasteiger partial charge is 0.480 e. The number of rotatable bonds is 12. The van der Waals surface area contributed by atoms with Gasteiger partial charge >= 0.3 is 5.97 Å². The number of unbranched alkanes of at least 4 members (excludes halogenated alkanes) is 1. The van der Waals surface area contributed by atoms with Crippen molar-refractivity contribution in [1.29, 1.82) is 0 Å². The van der Waals surface area contributed by atoms with Crippen LogP contribution in [0.25, 0.3) is 0 Å².